The Morgan fingerprint density at radius 1 is 1.53 bits per heavy atom. The Morgan fingerprint density at radius 3 is 2.76 bits per heavy atom. The molecular weight excluding hydrogens is 218 g/mol. The molecular formula is C13H13NO3. The van der Waals surface area contributed by atoms with Gasteiger partial charge in [-0.05, 0) is 12.0 Å². The monoisotopic (exact) mass is 231 g/mol. The van der Waals surface area contributed by atoms with Gasteiger partial charge in [-0.15, -0.1) is 12.3 Å². The van der Waals surface area contributed by atoms with Gasteiger partial charge < -0.3 is 0 Å². The highest BCUT2D eigenvalue weighted by Gasteiger charge is 2.20. The van der Waals surface area contributed by atoms with Crippen LogP contribution < -0.4 is 0 Å². The van der Waals surface area contributed by atoms with E-state index in [1.807, 2.05) is 6.92 Å². The van der Waals surface area contributed by atoms with Crippen molar-refractivity contribution in [1.29, 1.82) is 0 Å². The third-order valence-corrected chi connectivity index (χ3v) is 2.40. The number of terminal acetylenes is 1. The van der Waals surface area contributed by atoms with E-state index in [1.165, 1.54) is 12.1 Å². The maximum Gasteiger partial charge on any atom is 0.280 e. The fraction of sp³-hybridized carbons (Fsp3) is 0.308. The molecule has 1 unspecified atom stereocenters. The topological polar surface area (TPSA) is 60.2 Å². The van der Waals surface area contributed by atoms with Gasteiger partial charge in [0.15, 0.2) is 5.78 Å². The standard InChI is InChI=1S/C13H13NO3/c1-3-6-10(2)9-13(15)11-7-4-5-8-12(11)14(16)17/h1,4-5,7-8,10H,6,9H2,2H3. The van der Waals surface area contributed by atoms with Crippen LogP contribution in [0.3, 0.4) is 0 Å². The van der Waals surface area contributed by atoms with Gasteiger partial charge in [0.1, 0.15) is 0 Å². The Balaban J connectivity index is 2.90. The summed E-state index contributed by atoms with van der Waals surface area (Å²) in [6.07, 6.45) is 5.88. The molecule has 0 aromatic heterocycles. The molecule has 0 aliphatic heterocycles. The SMILES string of the molecule is C#CCC(C)CC(=O)c1ccccc1[N+](=O)[O-]. The number of hydrogen-bond acceptors (Lipinski definition) is 3. The Kier molecular flexibility index (Phi) is 4.41. The van der Waals surface area contributed by atoms with Crippen molar-refractivity contribution < 1.29 is 9.72 Å². The highest BCUT2D eigenvalue weighted by atomic mass is 16.6. The molecule has 0 N–H and O–H groups in total. The number of ketones is 1. The Bertz CT molecular complexity index is 474. The molecule has 17 heavy (non-hydrogen) atoms. The van der Waals surface area contributed by atoms with Crippen molar-refractivity contribution >= 4 is 11.5 Å². The zero-order valence-corrected chi connectivity index (χ0v) is 9.55. The lowest BCUT2D eigenvalue weighted by Gasteiger charge is -2.06. The molecule has 0 amide bonds. The molecule has 1 atom stereocenters. The zero-order valence-electron chi connectivity index (χ0n) is 9.55. The molecule has 88 valence electrons. The van der Waals surface area contributed by atoms with Crippen LogP contribution in [0.2, 0.25) is 0 Å². The number of nitrogens with zero attached hydrogens (tertiary/aromatic N) is 1. The van der Waals surface area contributed by atoms with E-state index in [0.717, 1.165) is 0 Å². The summed E-state index contributed by atoms with van der Waals surface area (Å²) in [6, 6.07) is 5.97. The molecule has 4 heteroatoms. The van der Waals surface area contributed by atoms with Crippen LogP contribution in [-0.4, -0.2) is 10.7 Å². The van der Waals surface area contributed by atoms with Crippen molar-refractivity contribution in [2.45, 2.75) is 19.8 Å². The van der Waals surface area contributed by atoms with Gasteiger partial charge in [0.2, 0.25) is 0 Å². The first-order valence-corrected chi connectivity index (χ1v) is 5.26. The van der Waals surface area contributed by atoms with Crippen molar-refractivity contribution in [3.05, 3.63) is 39.9 Å². The number of para-hydroxylation sites is 1. The van der Waals surface area contributed by atoms with Crippen LogP contribution >= 0.6 is 0 Å². The van der Waals surface area contributed by atoms with E-state index >= 15 is 0 Å². The first-order valence-electron chi connectivity index (χ1n) is 5.26. The number of Topliss-reactive ketones (excluding diaryl/α,β-unsaturated/α-hetero) is 1. The molecule has 0 aliphatic rings. The highest BCUT2D eigenvalue weighted by Crippen LogP contribution is 2.21. The van der Waals surface area contributed by atoms with Crippen LogP contribution in [-0.2, 0) is 0 Å². The number of carbonyl (C=O) groups is 1. The van der Waals surface area contributed by atoms with Crippen molar-refractivity contribution in [3.63, 3.8) is 0 Å². The van der Waals surface area contributed by atoms with Crippen molar-refractivity contribution in [2.75, 3.05) is 0 Å². The van der Waals surface area contributed by atoms with Gasteiger partial charge in [-0.2, -0.15) is 0 Å². The second-order valence-electron chi connectivity index (χ2n) is 3.91. The molecule has 1 aromatic rings. The minimum absolute atomic E-state index is 0.0345. The average Bonchev–Trinajstić information content (AvgIpc) is 2.29. The van der Waals surface area contributed by atoms with Crippen LogP contribution in [0.5, 0.6) is 0 Å². The number of hydrogen-bond donors (Lipinski definition) is 0. The number of benzene rings is 1. The zero-order chi connectivity index (χ0) is 12.8. The lowest BCUT2D eigenvalue weighted by molar-refractivity contribution is -0.385. The number of carbonyl (C=O) groups excluding carboxylic acids is 1. The molecule has 0 bridgehead atoms. The van der Waals surface area contributed by atoms with Crippen molar-refractivity contribution in [2.24, 2.45) is 5.92 Å². The normalized spacial score (nSPS) is 11.5. The lowest BCUT2D eigenvalue weighted by Crippen LogP contribution is -2.08. The second kappa shape index (κ2) is 5.80. The predicted molar refractivity (Wildman–Crippen MR) is 64.7 cm³/mol. The summed E-state index contributed by atoms with van der Waals surface area (Å²) in [5.74, 6) is 2.27. The summed E-state index contributed by atoms with van der Waals surface area (Å²) < 4.78 is 0. The number of nitro benzene ring substituents is 1. The molecule has 0 spiro atoms. The Labute approximate surface area is 99.8 Å². The average molecular weight is 231 g/mol. The molecule has 4 nitrogen and oxygen atoms in total. The van der Waals surface area contributed by atoms with Gasteiger partial charge in [0.25, 0.3) is 5.69 Å². The Hall–Kier alpha value is -2.15. The first-order chi connectivity index (χ1) is 8.06. The molecule has 0 saturated carbocycles. The van der Waals surface area contributed by atoms with Gasteiger partial charge in [-0.25, -0.2) is 0 Å². The van der Waals surface area contributed by atoms with Crippen LogP contribution in [0.4, 0.5) is 5.69 Å². The van der Waals surface area contributed by atoms with E-state index in [1.54, 1.807) is 12.1 Å². The highest BCUT2D eigenvalue weighted by molar-refractivity contribution is 5.99. The van der Waals surface area contributed by atoms with E-state index in [9.17, 15) is 14.9 Å². The van der Waals surface area contributed by atoms with E-state index < -0.39 is 4.92 Å². The van der Waals surface area contributed by atoms with Crippen LogP contribution in [0.1, 0.15) is 30.1 Å². The molecule has 1 aromatic carbocycles. The van der Waals surface area contributed by atoms with Crippen LogP contribution in [0, 0.1) is 28.4 Å². The van der Waals surface area contributed by atoms with E-state index in [2.05, 4.69) is 5.92 Å². The van der Waals surface area contributed by atoms with Crippen molar-refractivity contribution in [3.8, 4) is 12.3 Å². The summed E-state index contributed by atoms with van der Waals surface area (Å²) >= 11 is 0. The molecule has 0 aliphatic carbocycles. The lowest BCUT2D eigenvalue weighted by atomic mass is 9.96. The van der Waals surface area contributed by atoms with Crippen molar-refractivity contribution in [1.82, 2.24) is 0 Å². The summed E-state index contributed by atoms with van der Waals surface area (Å²) in [7, 11) is 0. The van der Waals surface area contributed by atoms with Gasteiger partial charge in [0.05, 0.1) is 10.5 Å². The molecule has 0 heterocycles. The fourth-order valence-corrected chi connectivity index (χ4v) is 1.57. The van der Waals surface area contributed by atoms with Crippen LogP contribution in [0.15, 0.2) is 24.3 Å². The largest absolute Gasteiger partial charge is 0.294 e. The minimum atomic E-state index is -0.543. The quantitative estimate of drug-likeness (QED) is 0.339. The molecule has 0 radical (unpaired) electrons. The van der Waals surface area contributed by atoms with Gasteiger partial charge in [-0.3, -0.25) is 14.9 Å². The molecule has 1 rings (SSSR count). The number of nitro groups is 1. The maximum atomic E-state index is 11.9. The molecule has 0 fully saturated rings. The minimum Gasteiger partial charge on any atom is -0.294 e. The van der Waals surface area contributed by atoms with Crippen LogP contribution in [0.25, 0.3) is 0 Å². The number of rotatable bonds is 5. The first kappa shape index (κ1) is 12.9. The summed E-state index contributed by atoms with van der Waals surface area (Å²) in [5.41, 5.74) is 0.00628. The van der Waals surface area contributed by atoms with Gasteiger partial charge in [0, 0.05) is 18.9 Å². The maximum absolute atomic E-state index is 11.9. The predicted octanol–water partition coefficient (Wildman–Crippen LogP) is 2.83. The molecule has 0 saturated heterocycles. The van der Waals surface area contributed by atoms with Gasteiger partial charge in [-0.1, -0.05) is 19.1 Å². The van der Waals surface area contributed by atoms with E-state index in [-0.39, 0.29) is 29.4 Å². The summed E-state index contributed by atoms with van der Waals surface area (Å²) in [4.78, 5) is 22.1. The third kappa shape index (κ3) is 3.42. The smallest absolute Gasteiger partial charge is 0.280 e. The summed E-state index contributed by atoms with van der Waals surface area (Å²) in [6.45, 7) is 1.85. The van der Waals surface area contributed by atoms with E-state index in [4.69, 9.17) is 6.42 Å². The second-order valence-corrected chi connectivity index (χ2v) is 3.91. The summed E-state index contributed by atoms with van der Waals surface area (Å²) in [5, 5.41) is 10.8. The Morgan fingerprint density at radius 2 is 2.18 bits per heavy atom. The third-order valence-electron chi connectivity index (χ3n) is 2.40. The fourth-order valence-electron chi connectivity index (χ4n) is 1.57. The van der Waals surface area contributed by atoms with Gasteiger partial charge >= 0.3 is 0 Å². The van der Waals surface area contributed by atoms with E-state index in [0.29, 0.717) is 6.42 Å².